The summed E-state index contributed by atoms with van der Waals surface area (Å²) in [4.78, 5) is 4.65. The van der Waals surface area contributed by atoms with Crippen LogP contribution in [-0.2, 0) is 0 Å². The lowest BCUT2D eigenvalue weighted by molar-refractivity contribution is 0.414. The van der Waals surface area contributed by atoms with Crippen LogP contribution in [0.25, 0.3) is 0 Å². The lowest BCUT2D eigenvalue weighted by Crippen LogP contribution is -2.22. The van der Waals surface area contributed by atoms with Crippen molar-refractivity contribution in [1.29, 1.82) is 0 Å². The Hall–Kier alpha value is -1.16. The number of ether oxygens (including phenoxy) is 1. The van der Waals surface area contributed by atoms with E-state index in [-0.39, 0.29) is 0 Å². The van der Waals surface area contributed by atoms with Gasteiger partial charge < -0.3 is 10.1 Å². The van der Waals surface area contributed by atoms with Crippen molar-refractivity contribution in [3.63, 3.8) is 0 Å². The first-order valence-corrected chi connectivity index (χ1v) is 7.12. The summed E-state index contributed by atoms with van der Waals surface area (Å²) in [6.07, 6.45) is 1.15. The van der Waals surface area contributed by atoms with Crippen molar-refractivity contribution >= 4 is 22.6 Å². The van der Waals surface area contributed by atoms with Crippen LogP contribution < -0.4 is 10.1 Å². The van der Waals surface area contributed by atoms with Gasteiger partial charge in [0.15, 0.2) is 5.17 Å². The van der Waals surface area contributed by atoms with Gasteiger partial charge in [-0.15, -0.1) is 0 Å². The first-order valence-electron chi connectivity index (χ1n) is 6.24. The second kappa shape index (κ2) is 5.65. The van der Waals surface area contributed by atoms with Gasteiger partial charge in [-0.1, -0.05) is 18.7 Å². The number of anilines is 1. The van der Waals surface area contributed by atoms with E-state index in [1.165, 1.54) is 5.56 Å². The molecular formula is C14H20N2OS. The third kappa shape index (κ3) is 3.19. The average molecular weight is 264 g/mol. The van der Waals surface area contributed by atoms with Gasteiger partial charge >= 0.3 is 0 Å². The molecule has 0 spiro atoms. The van der Waals surface area contributed by atoms with Gasteiger partial charge in [0.2, 0.25) is 0 Å². The first-order chi connectivity index (χ1) is 8.58. The zero-order valence-corrected chi connectivity index (χ0v) is 12.2. The van der Waals surface area contributed by atoms with E-state index >= 15 is 0 Å². The van der Waals surface area contributed by atoms with Crippen LogP contribution in [0.15, 0.2) is 23.2 Å². The van der Waals surface area contributed by atoms with Gasteiger partial charge in [0.1, 0.15) is 5.75 Å². The Morgan fingerprint density at radius 1 is 1.39 bits per heavy atom. The summed E-state index contributed by atoms with van der Waals surface area (Å²) in [6, 6.07) is 6.45. The standard InChI is InChI=1S/C14H20N2OS/c1-9-7-12(17-4)5-6-13(9)16-14-15-10(2)8-11(3)18-14/h5-7,10-11H,8H2,1-4H3,(H,15,16). The molecule has 2 atom stereocenters. The molecule has 0 saturated carbocycles. The van der Waals surface area contributed by atoms with E-state index in [0.29, 0.717) is 11.3 Å². The highest BCUT2D eigenvalue weighted by Gasteiger charge is 2.18. The van der Waals surface area contributed by atoms with Gasteiger partial charge in [0.25, 0.3) is 0 Å². The summed E-state index contributed by atoms with van der Waals surface area (Å²) in [6.45, 7) is 6.49. The third-order valence-electron chi connectivity index (χ3n) is 3.00. The van der Waals surface area contributed by atoms with Crippen molar-refractivity contribution in [2.45, 2.75) is 38.5 Å². The zero-order valence-electron chi connectivity index (χ0n) is 11.4. The van der Waals surface area contributed by atoms with Crippen molar-refractivity contribution in [2.75, 3.05) is 12.4 Å². The quantitative estimate of drug-likeness (QED) is 0.884. The molecule has 0 saturated heterocycles. The van der Waals surface area contributed by atoms with Crippen molar-refractivity contribution in [3.05, 3.63) is 23.8 Å². The number of amidine groups is 1. The van der Waals surface area contributed by atoms with Gasteiger partial charge in [-0.3, -0.25) is 4.99 Å². The van der Waals surface area contributed by atoms with E-state index in [1.807, 2.05) is 30.0 Å². The Kier molecular flexibility index (Phi) is 4.17. The third-order valence-corrected chi connectivity index (χ3v) is 4.02. The highest BCUT2D eigenvalue weighted by Crippen LogP contribution is 2.28. The number of benzene rings is 1. The molecule has 1 aliphatic heterocycles. The van der Waals surface area contributed by atoms with Crippen LogP contribution in [0, 0.1) is 6.92 Å². The predicted octanol–water partition coefficient (Wildman–Crippen LogP) is 3.69. The number of rotatable bonds is 2. The largest absolute Gasteiger partial charge is 0.497 e. The van der Waals surface area contributed by atoms with Crippen molar-refractivity contribution in [3.8, 4) is 5.75 Å². The average Bonchev–Trinajstić information content (AvgIpc) is 2.30. The zero-order chi connectivity index (χ0) is 13.1. The Bertz CT molecular complexity index is 459. The molecule has 0 amide bonds. The second-order valence-corrected chi connectivity index (χ2v) is 6.18. The number of hydrogen-bond donors (Lipinski definition) is 1. The molecule has 0 radical (unpaired) electrons. The fraction of sp³-hybridized carbons (Fsp3) is 0.500. The molecule has 0 aliphatic carbocycles. The second-order valence-electron chi connectivity index (χ2n) is 4.75. The summed E-state index contributed by atoms with van der Waals surface area (Å²) >= 11 is 1.81. The Morgan fingerprint density at radius 3 is 2.78 bits per heavy atom. The molecule has 0 bridgehead atoms. The van der Waals surface area contributed by atoms with Gasteiger partial charge in [0.05, 0.1) is 13.2 Å². The number of aryl methyl sites for hydroxylation is 1. The molecule has 0 aromatic heterocycles. The summed E-state index contributed by atoms with van der Waals surface area (Å²) in [7, 11) is 1.69. The van der Waals surface area contributed by atoms with Crippen LogP contribution in [-0.4, -0.2) is 23.6 Å². The van der Waals surface area contributed by atoms with E-state index in [9.17, 15) is 0 Å². The predicted molar refractivity (Wildman–Crippen MR) is 79.9 cm³/mol. The molecule has 1 aromatic rings. The molecule has 1 aromatic carbocycles. The summed E-state index contributed by atoms with van der Waals surface area (Å²) in [5.41, 5.74) is 2.27. The number of methoxy groups -OCH3 is 1. The summed E-state index contributed by atoms with van der Waals surface area (Å²) in [5, 5.41) is 5.07. The highest BCUT2D eigenvalue weighted by molar-refractivity contribution is 8.14. The number of hydrogen-bond acceptors (Lipinski definition) is 4. The molecular weight excluding hydrogens is 244 g/mol. The van der Waals surface area contributed by atoms with E-state index in [4.69, 9.17) is 4.74 Å². The molecule has 0 fully saturated rings. The number of thioether (sulfide) groups is 1. The van der Waals surface area contributed by atoms with Crippen LogP contribution in [0.4, 0.5) is 5.69 Å². The van der Waals surface area contributed by atoms with Gasteiger partial charge in [-0.2, -0.15) is 0 Å². The van der Waals surface area contributed by atoms with E-state index in [2.05, 4.69) is 31.1 Å². The lowest BCUT2D eigenvalue weighted by atomic mass is 10.2. The fourth-order valence-electron chi connectivity index (χ4n) is 2.08. The molecule has 1 heterocycles. The SMILES string of the molecule is COc1ccc(NC2=NC(C)CC(C)S2)c(C)c1. The molecule has 4 heteroatoms. The maximum absolute atomic E-state index is 5.21. The smallest absolute Gasteiger partial charge is 0.161 e. The van der Waals surface area contributed by atoms with Crippen LogP contribution in [0.2, 0.25) is 0 Å². The Labute approximate surface area is 113 Å². The molecule has 2 rings (SSSR count). The highest BCUT2D eigenvalue weighted by atomic mass is 32.2. The number of nitrogens with zero attached hydrogens (tertiary/aromatic N) is 1. The van der Waals surface area contributed by atoms with Gasteiger partial charge in [-0.05, 0) is 44.0 Å². The van der Waals surface area contributed by atoms with E-state index < -0.39 is 0 Å². The minimum Gasteiger partial charge on any atom is -0.497 e. The molecule has 1 N–H and O–H groups in total. The normalized spacial score (nSPS) is 23.4. The Morgan fingerprint density at radius 2 is 2.17 bits per heavy atom. The van der Waals surface area contributed by atoms with Crippen molar-refractivity contribution < 1.29 is 4.74 Å². The summed E-state index contributed by atoms with van der Waals surface area (Å²) < 4.78 is 5.21. The van der Waals surface area contributed by atoms with Crippen LogP contribution in [0.3, 0.4) is 0 Å². The van der Waals surface area contributed by atoms with Crippen LogP contribution in [0.1, 0.15) is 25.8 Å². The van der Waals surface area contributed by atoms with Crippen molar-refractivity contribution in [2.24, 2.45) is 4.99 Å². The Balaban J connectivity index is 2.14. The van der Waals surface area contributed by atoms with Crippen LogP contribution >= 0.6 is 11.8 Å². The minimum absolute atomic E-state index is 0.405. The maximum atomic E-state index is 5.21. The first kappa shape index (κ1) is 13.3. The van der Waals surface area contributed by atoms with E-state index in [0.717, 1.165) is 23.0 Å². The van der Waals surface area contributed by atoms with Crippen LogP contribution in [0.5, 0.6) is 5.75 Å². The number of nitrogens with one attached hydrogen (secondary N) is 1. The topological polar surface area (TPSA) is 33.6 Å². The maximum Gasteiger partial charge on any atom is 0.161 e. The van der Waals surface area contributed by atoms with E-state index in [1.54, 1.807) is 7.11 Å². The molecule has 3 nitrogen and oxygen atoms in total. The number of aliphatic imine (C=N–C) groups is 1. The molecule has 18 heavy (non-hydrogen) atoms. The van der Waals surface area contributed by atoms with Gasteiger partial charge in [0, 0.05) is 10.9 Å². The minimum atomic E-state index is 0.405. The molecule has 1 aliphatic rings. The molecule has 2 unspecified atom stereocenters. The van der Waals surface area contributed by atoms with Gasteiger partial charge in [-0.25, -0.2) is 0 Å². The molecule has 98 valence electrons. The lowest BCUT2D eigenvalue weighted by Gasteiger charge is -2.23. The fourth-order valence-corrected chi connectivity index (χ4v) is 3.25. The van der Waals surface area contributed by atoms with Crippen molar-refractivity contribution in [1.82, 2.24) is 0 Å². The monoisotopic (exact) mass is 264 g/mol. The summed E-state index contributed by atoms with van der Waals surface area (Å²) in [5.74, 6) is 0.887.